The van der Waals surface area contributed by atoms with Crippen LogP contribution in [0.25, 0.3) is 0 Å². The Labute approximate surface area is 186 Å². The normalized spacial score (nSPS) is 23.6. The molecule has 0 fully saturated rings. The van der Waals surface area contributed by atoms with Crippen LogP contribution in [0.2, 0.25) is 0 Å². The fourth-order valence-corrected chi connectivity index (χ4v) is 3.53. The molecule has 3 atom stereocenters. The van der Waals surface area contributed by atoms with Crippen molar-refractivity contribution in [1.29, 1.82) is 0 Å². The van der Waals surface area contributed by atoms with Crippen molar-refractivity contribution in [3.05, 3.63) is 58.9 Å². The predicted molar refractivity (Wildman–Crippen MR) is 127 cm³/mol. The Morgan fingerprint density at radius 3 is 2.90 bits per heavy atom. The zero-order chi connectivity index (χ0) is 23.1. The molecule has 0 aromatic carbocycles. The Morgan fingerprint density at radius 1 is 1.52 bits per heavy atom. The van der Waals surface area contributed by atoms with E-state index in [-0.39, 0.29) is 11.6 Å². The summed E-state index contributed by atoms with van der Waals surface area (Å²) < 4.78 is 0. The number of nitrogens with zero attached hydrogens (tertiary/aromatic N) is 2. The van der Waals surface area contributed by atoms with Crippen LogP contribution in [0.3, 0.4) is 0 Å². The van der Waals surface area contributed by atoms with Gasteiger partial charge < -0.3 is 26.4 Å². The molecule has 0 aromatic rings. The van der Waals surface area contributed by atoms with E-state index < -0.39 is 12.3 Å². The number of amidine groups is 1. The monoisotopic (exact) mass is 427 g/mol. The Bertz CT molecular complexity index is 850. The van der Waals surface area contributed by atoms with Gasteiger partial charge >= 0.3 is 0 Å². The first-order valence-electron chi connectivity index (χ1n) is 10.8. The highest BCUT2D eigenvalue weighted by molar-refractivity contribution is 6.21. The molecule has 0 saturated heterocycles. The fourth-order valence-electron chi connectivity index (χ4n) is 3.53. The number of aliphatic hydroxyl groups is 1. The number of carbonyl (C=O) groups is 1. The molecular weight excluding hydrogens is 390 g/mol. The third-order valence-electron chi connectivity index (χ3n) is 5.85. The molecular formula is C24H37N5O2. The Balaban J connectivity index is 2.19. The summed E-state index contributed by atoms with van der Waals surface area (Å²) in [6.45, 7) is 16.4. The number of aliphatic hydroxyl groups excluding tert-OH is 1. The summed E-state index contributed by atoms with van der Waals surface area (Å²) in [5.74, 6) is 0.328. The topological polar surface area (TPSA) is 103 Å². The van der Waals surface area contributed by atoms with Crippen molar-refractivity contribution in [3.63, 3.8) is 0 Å². The smallest absolute Gasteiger partial charge is 0.257 e. The second-order valence-corrected chi connectivity index (χ2v) is 8.31. The van der Waals surface area contributed by atoms with Crippen LogP contribution in [0.4, 0.5) is 0 Å². The van der Waals surface area contributed by atoms with Gasteiger partial charge in [0.15, 0.2) is 0 Å². The number of aliphatic imine (C=N–C) groups is 1. The minimum absolute atomic E-state index is 0.216. The van der Waals surface area contributed by atoms with Crippen molar-refractivity contribution in [2.75, 3.05) is 19.6 Å². The second kappa shape index (κ2) is 11.2. The van der Waals surface area contributed by atoms with Crippen molar-refractivity contribution in [2.45, 2.75) is 53.4 Å². The summed E-state index contributed by atoms with van der Waals surface area (Å²) >= 11 is 0. The predicted octanol–water partition coefficient (Wildman–Crippen LogP) is 2.35. The molecule has 2 aliphatic rings. The fraction of sp³-hybridized carbons (Fsp3) is 0.500. The minimum Gasteiger partial charge on any atom is -0.355 e. The van der Waals surface area contributed by atoms with Crippen LogP contribution in [0.1, 0.15) is 41.0 Å². The SMILES string of the molecule is C=C1C(=O)NC(O)N=C1N(CCNCC(C)/C(C)=C\C=C/C)C1=CC(C)=C(C)CC1N. The van der Waals surface area contributed by atoms with Gasteiger partial charge in [0.2, 0.25) is 6.35 Å². The number of rotatable bonds is 8. The van der Waals surface area contributed by atoms with Gasteiger partial charge in [-0.3, -0.25) is 4.79 Å². The van der Waals surface area contributed by atoms with Gasteiger partial charge in [-0.25, -0.2) is 4.99 Å². The zero-order valence-corrected chi connectivity index (χ0v) is 19.4. The molecule has 1 amide bonds. The molecule has 1 aliphatic heterocycles. The van der Waals surface area contributed by atoms with E-state index in [0.29, 0.717) is 24.8 Å². The third kappa shape index (κ3) is 6.50. The van der Waals surface area contributed by atoms with Crippen LogP contribution < -0.4 is 16.4 Å². The highest BCUT2D eigenvalue weighted by atomic mass is 16.3. The molecule has 31 heavy (non-hydrogen) atoms. The molecule has 5 N–H and O–H groups in total. The van der Waals surface area contributed by atoms with E-state index in [9.17, 15) is 9.90 Å². The van der Waals surface area contributed by atoms with Gasteiger partial charge in [0.1, 0.15) is 5.84 Å². The summed E-state index contributed by atoms with van der Waals surface area (Å²) in [6, 6.07) is -0.216. The number of nitrogens with one attached hydrogen (secondary N) is 2. The average molecular weight is 428 g/mol. The van der Waals surface area contributed by atoms with Gasteiger partial charge in [-0.15, -0.1) is 0 Å². The maximum atomic E-state index is 12.2. The molecule has 7 nitrogen and oxygen atoms in total. The van der Waals surface area contributed by atoms with Crippen molar-refractivity contribution < 1.29 is 9.90 Å². The standard InChI is InChI=1S/C24H37N5O2/c1-7-8-9-15(2)18(5)14-26-10-11-29(21-13-17(4)16(3)12-20(21)25)22-19(6)23(30)28-24(31)27-22/h7-9,13,18,20,24,26,31H,6,10-12,14,25H2,1-5H3,(H,28,30)/b8-7-,15-9-. The van der Waals surface area contributed by atoms with Crippen molar-refractivity contribution in [1.82, 2.24) is 15.5 Å². The maximum absolute atomic E-state index is 12.2. The third-order valence-corrected chi connectivity index (χ3v) is 5.85. The van der Waals surface area contributed by atoms with Gasteiger partial charge in [-0.05, 0) is 46.1 Å². The first-order chi connectivity index (χ1) is 14.6. The zero-order valence-electron chi connectivity index (χ0n) is 19.4. The summed E-state index contributed by atoms with van der Waals surface area (Å²) in [5.41, 5.74) is 11.3. The van der Waals surface area contributed by atoms with Gasteiger partial charge in [0.25, 0.3) is 5.91 Å². The van der Waals surface area contributed by atoms with E-state index >= 15 is 0 Å². The Hall–Kier alpha value is -2.48. The summed E-state index contributed by atoms with van der Waals surface area (Å²) in [5, 5.41) is 15.8. The summed E-state index contributed by atoms with van der Waals surface area (Å²) in [4.78, 5) is 18.4. The lowest BCUT2D eigenvalue weighted by molar-refractivity contribution is -0.120. The van der Waals surface area contributed by atoms with E-state index in [4.69, 9.17) is 5.73 Å². The van der Waals surface area contributed by atoms with Gasteiger partial charge in [0, 0.05) is 31.4 Å². The van der Waals surface area contributed by atoms with E-state index in [1.54, 1.807) is 0 Å². The molecule has 0 radical (unpaired) electrons. The number of amides is 1. The van der Waals surface area contributed by atoms with E-state index in [2.05, 4.69) is 56.0 Å². The molecule has 0 bridgehead atoms. The summed E-state index contributed by atoms with van der Waals surface area (Å²) in [7, 11) is 0. The molecule has 170 valence electrons. The number of carbonyl (C=O) groups excluding carboxylic acids is 1. The molecule has 1 aliphatic carbocycles. The molecule has 0 spiro atoms. The van der Waals surface area contributed by atoms with Crippen LogP contribution in [0.15, 0.2) is 63.9 Å². The largest absolute Gasteiger partial charge is 0.355 e. The van der Waals surface area contributed by atoms with Crippen molar-refractivity contribution in [2.24, 2.45) is 16.6 Å². The number of nitrogens with two attached hydrogens (primary N) is 1. The summed E-state index contributed by atoms with van der Waals surface area (Å²) in [6.07, 6.45) is 7.69. The van der Waals surface area contributed by atoms with E-state index in [0.717, 1.165) is 24.2 Å². The van der Waals surface area contributed by atoms with Crippen LogP contribution in [-0.4, -0.2) is 53.8 Å². The lowest BCUT2D eigenvalue weighted by atomic mass is 9.93. The molecule has 3 unspecified atom stereocenters. The van der Waals surface area contributed by atoms with E-state index in [1.165, 1.54) is 11.1 Å². The van der Waals surface area contributed by atoms with Crippen molar-refractivity contribution in [3.8, 4) is 0 Å². The average Bonchev–Trinajstić information content (AvgIpc) is 2.72. The molecule has 2 rings (SSSR count). The number of hydrogen-bond donors (Lipinski definition) is 4. The first-order valence-corrected chi connectivity index (χ1v) is 10.8. The molecule has 1 heterocycles. The molecule has 0 saturated carbocycles. The highest BCUT2D eigenvalue weighted by Crippen LogP contribution is 2.27. The second-order valence-electron chi connectivity index (χ2n) is 8.31. The maximum Gasteiger partial charge on any atom is 0.257 e. The number of allylic oxidation sites excluding steroid dienone is 5. The molecule has 7 heteroatoms. The van der Waals surface area contributed by atoms with Gasteiger partial charge in [0.05, 0.1) is 5.57 Å². The lowest BCUT2D eigenvalue weighted by Crippen LogP contribution is -2.50. The quantitative estimate of drug-likeness (QED) is 0.271. The lowest BCUT2D eigenvalue weighted by Gasteiger charge is -2.36. The van der Waals surface area contributed by atoms with Crippen LogP contribution >= 0.6 is 0 Å². The van der Waals surface area contributed by atoms with Gasteiger partial charge in [-0.2, -0.15) is 0 Å². The highest BCUT2D eigenvalue weighted by Gasteiger charge is 2.31. The first kappa shape index (κ1) is 24.8. The van der Waals surface area contributed by atoms with Crippen LogP contribution in [-0.2, 0) is 4.79 Å². The number of hydrogen-bond acceptors (Lipinski definition) is 6. The minimum atomic E-state index is -1.29. The van der Waals surface area contributed by atoms with Crippen molar-refractivity contribution >= 4 is 11.7 Å². The van der Waals surface area contributed by atoms with E-state index in [1.807, 2.05) is 30.1 Å². The van der Waals surface area contributed by atoms with Gasteiger partial charge in [-0.1, -0.05) is 48.5 Å². The van der Waals surface area contributed by atoms with Crippen LogP contribution in [0, 0.1) is 5.92 Å². The van der Waals surface area contributed by atoms with Crippen LogP contribution in [0.5, 0.6) is 0 Å². The molecule has 0 aromatic heterocycles. The Kier molecular flexibility index (Phi) is 8.98. The Morgan fingerprint density at radius 2 is 2.23 bits per heavy atom.